The summed E-state index contributed by atoms with van der Waals surface area (Å²) >= 11 is 1.76. The van der Waals surface area contributed by atoms with Crippen LogP contribution < -0.4 is 4.74 Å². The summed E-state index contributed by atoms with van der Waals surface area (Å²) in [5.41, 5.74) is 1.10. The highest BCUT2D eigenvalue weighted by Gasteiger charge is 2.51. The largest absolute Gasteiger partial charge is 0.497 e. The fourth-order valence-corrected chi connectivity index (χ4v) is 5.56. The molecule has 1 saturated heterocycles. The van der Waals surface area contributed by atoms with Crippen molar-refractivity contribution >= 4 is 11.3 Å². The fourth-order valence-electron chi connectivity index (χ4n) is 4.63. The number of aromatic nitrogens is 1. The van der Waals surface area contributed by atoms with E-state index >= 15 is 0 Å². The topological polar surface area (TPSA) is 43.8 Å². The summed E-state index contributed by atoms with van der Waals surface area (Å²) < 4.78 is 17.0. The average molecular weight is 389 g/mol. The van der Waals surface area contributed by atoms with Crippen molar-refractivity contribution in [1.82, 2.24) is 9.88 Å². The van der Waals surface area contributed by atoms with Crippen molar-refractivity contribution in [2.75, 3.05) is 27.9 Å². The Bertz CT molecular complexity index is 780. The van der Waals surface area contributed by atoms with Crippen molar-refractivity contribution in [3.05, 3.63) is 35.3 Å². The van der Waals surface area contributed by atoms with Crippen LogP contribution in [0.15, 0.2) is 30.5 Å². The molecule has 2 aliphatic rings. The summed E-state index contributed by atoms with van der Waals surface area (Å²) in [5, 5.41) is 1.04. The first-order chi connectivity index (χ1) is 13.2. The molecule has 0 spiro atoms. The number of ether oxygens (including phenoxy) is 3. The van der Waals surface area contributed by atoms with E-state index in [0.717, 1.165) is 55.1 Å². The summed E-state index contributed by atoms with van der Waals surface area (Å²) in [4.78, 5) is 8.51. The van der Waals surface area contributed by atoms with Gasteiger partial charge < -0.3 is 14.2 Å². The second-order valence-corrected chi connectivity index (χ2v) is 8.62. The van der Waals surface area contributed by atoms with Crippen LogP contribution in [-0.4, -0.2) is 55.5 Å². The number of hydrogen-bond acceptors (Lipinski definition) is 6. The van der Waals surface area contributed by atoms with Gasteiger partial charge in [-0.2, -0.15) is 0 Å². The number of likely N-dealkylation sites (tertiary alicyclic amines) is 1. The molecule has 0 amide bonds. The Morgan fingerprint density at radius 3 is 2.93 bits per heavy atom. The van der Waals surface area contributed by atoms with E-state index in [9.17, 15) is 0 Å². The maximum absolute atomic E-state index is 6.04. The lowest BCUT2D eigenvalue weighted by molar-refractivity contribution is -0.0946. The van der Waals surface area contributed by atoms with Crippen molar-refractivity contribution in [2.45, 2.75) is 50.0 Å². The van der Waals surface area contributed by atoms with Gasteiger partial charge in [0.25, 0.3) is 0 Å². The van der Waals surface area contributed by atoms with Gasteiger partial charge in [-0.05, 0) is 37.8 Å². The minimum atomic E-state index is -0.00462. The molecule has 5 nitrogen and oxygen atoms in total. The highest BCUT2D eigenvalue weighted by Crippen LogP contribution is 2.44. The van der Waals surface area contributed by atoms with E-state index in [4.69, 9.17) is 14.2 Å². The van der Waals surface area contributed by atoms with Crippen LogP contribution in [0.4, 0.5) is 0 Å². The Hall–Kier alpha value is -1.47. The van der Waals surface area contributed by atoms with E-state index in [1.165, 1.54) is 4.88 Å². The molecule has 0 unspecified atom stereocenters. The van der Waals surface area contributed by atoms with Gasteiger partial charge in [-0.25, -0.2) is 4.98 Å². The fraction of sp³-hybridized carbons (Fsp3) is 0.571. The summed E-state index contributed by atoms with van der Waals surface area (Å²) in [7, 11) is 5.39. The highest BCUT2D eigenvalue weighted by molar-refractivity contribution is 7.15. The predicted molar refractivity (Wildman–Crippen MR) is 107 cm³/mol. The van der Waals surface area contributed by atoms with Crippen molar-refractivity contribution in [2.24, 2.45) is 0 Å². The predicted octanol–water partition coefficient (Wildman–Crippen LogP) is 3.98. The van der Waals surface area contributed by atoms with Gasteiger partial charge in [-0.3, -0.25) is 4.90 Å². The molecule has 1 aliphatic carbocycles. The first-order valence-electron chi connectivity index (χ1n) is 9.58. The van der Waals surface area contributed by atoms with Gasteiger partial charge in [0.05, 0.1) is 18.8 Å². The zero-order valence-corrected chi connectivity index (χ0v) is 17.1. The molecule has 6 heteroatoms. The van der Waals surface area contributed by atoms with Crippen LogP contribution in [0.25, 0.3) is 10.6 Å². The van der Waals surface area contributed by atoms with Gasteiger partial charge in [-0.15, -0.1) is 11.3 Å². The Morgan fingerprint density at radius 1 is 1.26 bits per heavy atom. The Balaban J connectivity index is 1.50. The number of thiazole rings is 1. The number of benzene rings is 1. The molecule has 0 radical (unpaired) electrons. The summed E-state index contributed by atoms with van der Waals surface area (Å²) in [6.07, 6.45) is 6.68. The Morgan fingerprint density at radius 2 is 2.15 bits per heavy atom. The molecule has 3 atom stereocenters. The maximum atomic E-state index is 6.04. The van der Waals surface area contributed by atoms with E-state index in [2.05, 4.69) is 16.0 Å². The van der Waals surface area contributed by atoms with Gasteiger partial charge in [0.15, 0.2) is 0 Å². The molecule has 1 aliphatic heterocycles. The SMILES string of the molecule is COc1cccc(-c2ncc(CN3CC[C@]4(OC)CC[C@@H](OC)C[C@H]34)s2)c1. The number of fused-ring (bicyclic) bond motifs is 1. The van der Waals surface area contributed by atoms with E-state index in [1.807, 2.05) is 38.6 Å². The molecule has 146 valence electrons. The van der Waals surface area contributed by atoms with Crippen LogP contribution in [0.5, 0.6) is 5.75 Å². The molecule has 4 rings (SSSR count). The zero-order valence-electron chi connectivity index (χ0n) is 16.3. The number of rotatable bonds is 6. The van der Waals surface area contributed by atoms with Crippen LogP contribution in [0, 0.1) is 0 Å². The van der Waals surface area contributed by atoms with E-state index in [-0.39, 0.29) is 5.60 Å². The standard InChI is InChI=1S/C21H28N2O3S/c1-24-16-6-4-5-15(11-16)20-22-13-18(27-20)14-23-10-9-21(26-3)8-7-17(25-2)12-19(21)23/h4-6,11,13,17,19H,7-10,12,14H2,1-3H3/t17-,19+,21-/m1/s1. The molecular formula is C21H28N2O3S. The van der Waals surface area contributed by atoms with Crippen molar-refractivity contribution in [3.8, 4) is 16.3 Å². The quantitative estimate of drug-likeness (QED) is 0.749. The summed E-state index contributed by atoms with van der Waals surface area (Å²) in [6, 6.07) is 8.51. The molecule has 2 heterocycles. The Kier molecular flexibility index (Phi) is 5.50. The van der Waals surface area contributed by atoms with E-state index < -0.39 is 0 Å². The molecule has 2 fully saturated rings. The second-order valence-electron chi connectivity index (χ2n) is 7.50. The minimum absolute atomic E-state index is 0.00462. The maximum Gasteiger partial charge on any atom is 0.123 e. The van der Waals surface area contributed by atoms with Crippen LogP contribution in [0.1, 0.15) is 30.6 Å². The van der Waals surface area contributed by atoms with Crippen LogP contribution in [0.3, 0.4) is 0 Å². The van der Waals surface area contributed by atoms with Gasteiger partial charge >= 0.3 is 0 Å². The second kappa shape index (κ2) is 7.87. The van der Waals surface area contributed by atoms with Gasteiger partial charge in [0.1, 0.15) is 10.8 Å². The smallest absolute Gasteiger partial charge is 0.123 e. The first kappa shape index (κ1) is 18.9. The molecule has 1 saturated carbocycles. The molecular weight excluding hydrogens is 360 g/mol. The monoisotopic (exact) mass is 388 g/mol. The zero-order chi connectivity index (χ0) is 18.9. The highest BCUT2D eigenvalue weighted by atomic mass is 32.1. The lowest BCUT2D eigenvalue weighted by atomic mass is 9.79. The van der Waals surface area contributed by atoms with E-state index in [0.29, 0.717) is 12.1 Å². The van der Waals surface area contributed by atoms with Gasteiger partial charge in [0.2, 0.25) is 0 Å². The van der Waals surface area contributed by atoms with Crippen LogP contribution >= 0.6 is 11.3 Å². The summed E-state index contributed by atoms with van der Waals surface area (Å²) in [5.74, 6) is 0.862. The summed E-state index contributed by atoms with van der Waals surface area (Å²) in [6.45, 7) is 2.00. The number of hydrogen-bond donors (Lipinski definition) is 0. The number of nitrogens with zero attached hydrogens (tertiary/aromatic N) is 2. The average Bonchev–Trinajstić information content (AvgIpc) is 3.33. The van der Waals surface area contributed by atoms with Gasteiger partial charge in [0, 0.05) is 50.0 Å². The minimum Gasteiger partial charge on any atom is -0.497 e. The van der Waals surface area contributed by atoms with Crippen LogP contribution in [0.2, 0.25) is 0 Å². The molecule has 1 aromatic heterocycles. The van der Waals surface area contributed by atoms with Crippen molar-refractivity contribution in [3.63, 3.8) is 0 Å². The first-order valence-corrected chi connectivity index (χ1v) is 10.4. The molecule has 0 N–H and O–H groups in total. The molecule has 0 bridgehead atoms. The lowest BCUT2D eigenvalue weighted by Gasteiger charge is -2.43. The number of methoxy groups -OCH3 is 3. The molecule has 27 heavy (non-hydrogen) atoms. The van der Waals surface area contributed by atoms with Gasteiger partial charge in [-0.1, -0.05) is 12.1 Å². The van der Waals surface area contributed by atoms with Crippen LogP contribution in [-0.2, 0) is 16.0 Å². The third kappa shape index (κ3) is 3.63. The molecule has 2 aromatic rings. The van der Waals surface area contributed by atoms with E-state index in [1.54, 1.807) is 18.4 Å². The molecule has 1 aromatic carbocycles. The van der Waals surface area contributed by atoms with Crippen molar-refractivity contribution < 1.29 is 14.2 Å². The third-order valence-electron chi connectivity index (χ3n) is 6.21. The Labute approximate surface area is 165 Å². The normalized spacial score (nSPS) is 28.3. The van der Waals surface area contributed by atoms with Crippen molar-refractivity contribution in [1.29, 1.82) is 0 Å². The lowest BCUT2D eigenvalue weighted by Crippen LogP contribution is -2.51. The third-order valence-corrected chi connectivity index (χ3v) is 7.25.